The molecule has 35 heavy (non-hydrogen) atoms. The minimum Gasteiger partial charge on any atom is -0.494 e. The van der Waals surface area contributed by atoms with E-state index in [1.807, 2.05) is 6.07 Å². The predicted molar refractivity (Wildman–Crippen MR) is 137 cm³/mol. The number of aromatic nitrogens is 2. The highest BCUT2D eigenvalue weighted by Crippen LogP contribution is 2.28. The van der Waals surface area contributed by atoms with Gasteiger partial charge < -0.3 is 14.5 Å². The summed E-state index contributed by atoms with van der Waals surface area (Å²) in [5, 5.41) is 3.79. The number of hydrogen-bond donors (Lipinski definition) is 1. The van der Waals surface area contributed by atoms with Crippen LogP contribution in [0.1, 0.15) is 16.2 Å². The van der Waals surface area contributed by atoms with Crippen LogP contribution in [0.4, 0.5) is 5.69 Å². The van der Waals surface area contributed by atoms with Gasteiger partial charge in [0, 0.05) is 15.9 Å². The van der Waals surface area contributed by atoms with E-state index >= 15 is 0 Å². The highest BCUT2D eigenvalue weighted by molar-refractivity contribution is 9.10. The van der Waals surface area contributed by atoms with Crippen molar-refractivity contribution in [3.63, 3.8) is 0 Å². The number of halogens is 1. The van der Waals surface area contributed by atoms with Crippen LogP contribution in [-0.2, 0) is 0 Å². The van der Waals surface area contributed by atoms with Crippen molar-refractivity contribution in [1.82, 2.24) is 9.55 Å². The number of fused-ring (bicyclic) bond motifs is 2. The zero-order valence-electron chi connectivity index (χ0n) is 18.7. The molecule has 1 amide bonds. The van der Waals surface area contributed by atoms with Gasteiger partial charge in [0.2, 0.25) is 0 Å². The van der Waals surface area contributed by atoms with Gasteiger partial charge in [0.25, 0.3) is 11.5 Å². The summed E-state index contributed by atoms with van der Waals surface area (Å²) in [6.07, 6.45) is 0. The van der Waals surface area contributed by atoms with Crippen molar-refractivity contribution in [2.75, 3.05) is 12.4 Å². The van der Waals surface area contributed by atoms with Crippen LogP contribution in [0.2, 0.25) is 0 Å². The number of anilines is 1. The highest BCUT2D eigenvalue weighted by atomic mass is 79.9. The zero-order valence-corrected chi connectivity index (χ0v) is 20.3. The quantitative estimate of drug-likeness (QED) is 0.333. The molecule has 3 aromatic carbocycles. The Bertz CT molecular complexity index is 1760. The van der Waals surface area contributed by atoms with E-state index in [1.165, 1.54) is 17.7 Å². The van der Waals surface area contributed by atoms with Gasteiger partial charge in [-0.3, -0.25) is 14.2 Å². The molecule has 0 aliphatic heterocycles. The fraction of sp³-hybridized carbons (Fsp3) is 0.0769. The second-order valence-electron chi connectivity index (χ2n) is 7.79. The number of carbonyl (C=O) groups excluding carboxylic acids is 1. The van der Waals surface area contributed by atoms with Gasteiger partial charge in [0.1, 0.15) is 22.7 Å². The molecule has 1 N–H and O–H groups in total. The lowest BCUT2D eigenvalue weighted by Gasteiger charge is -2.15. The molecule has 0 saturated heterocycles. The molecule has 0 atom stereocenters. The number of nitrogens with zero attached hydrogens (tertiary/aromatic N) is 2. The average Bonchev–Trinajstić information content (AvgIpc) is 2.84. The van der Waals surface area contributed by atoms with Crippen LogP contribution < -0.4 is 21.2 Å². The molecule has 0 bridgehead atoms. The molecule has 0 saturated carbocycles. The number of methoxy groups -OCH3 is 1. The highest BCUT2D eigenvalue weighted by Gasteiger charge is 2.17. The monoisotopic (exact) mass is 531 g/mol. The van der Waals surface area contributed by atoms with Crippen molar-refractivity contribution in [2.45, 2.75) is 6.92 Å². The summed E-state index contributed by atoms with van der Waals surface area (Å²) in [7, 11) is 1.45. The Morgan fingerprint density at radius 1 is 1.06 bits per heavy atom. The maximum atomic E-state index is 13.1. The molecule has 0 fully saturated rings. The first kappa shape index (κ1) is 22.5. The summed E-state index contributed by atoms with van der Waals surface area (Å²) >= 11 is 3.37. The molecule has 2 aromatic heterocycles. The first-order valence-corrected chi connectivity index (χ1v) is 11.4. The van der Waals surface area contributed by atoms with E-state index in [9.17, 15) is 14.4 Å². The second kappa shape index (κ2) is 8.84. The molecule has 0 aliphatic carbocycles. The minimum atomic E-state index is -0.752. The molecule has 0 radical (unpaired) electrons. The number of ether oxygens (including phenoxy) is 1. The van der Waals surface area contributed by atoms with Crippen LogP contribution in [0.25, 0.3) is 27.6 Å². The van der Waals surface area contributed by atoms with Crippen molar-refractivity contribution >= 4 is 49.4 Å². The Hall–Kier alpha value is -4.24. The number of rotatable bonds is 4. The van der Waals surface area contributed by atoms with E-state index in [0.29, 0.717) is 44.8 Å². The normalized spacial score (nSPS) is 11.1. The van der Waals surface area contributed by atoms with E-state index in [4.69, 9.17) is 9.15 Å². The number of carbonyl (C=O) groups is 1. The second-order valence-corrected chi connectivity index (χ2v) is 8.70. The van der Waals surface area contributed by atoms with Gasteiger partial charge in [-0.1, -0.05) is 28.1 Å². The van der Waals surface area contributed by atoms with Gasteiger partial charge in [-0.25, -0.2) is 9.78 Å². The van der Waals surface area contributed by atoms with Crippen molar-refractivity contribution in [3.8, 4) is 11.4 Å². The average molecular weight is 532 g/mol. The molecule has 174 valence electrons. The largest absolute Gasteiger partial charge is 0.494 e. The van der Waals surface area contributed by atoms with E-state index < -0.39 is 11.5 Å². The third-order valence-electron chi connectivity index (χ3n) is 5.57. The molecule has 0 unspecified atom stereocenters. The van der Waals surface area contributed by atoms with Gasteiger partial charge >= 0.3 is 5.63 Å². The number of benzene rings is 3. The van der Waals surface area contributed by atoms with E-state index in [1.54, 1.807) is 61.5 Å². The molecule has 5 aromatic rings. The van der Waals surface area contributed by atoms with Gasteiger partial charge in [-0.15, -0.1) is 0 Å². The number of amides is 1. The first-order chi connectivity index (χ1) is 16.9. The smallest absolute Gasteiger partial charge is 0.349 e. The summed E-state index contributed by atoms with van der Waals surface area (Å²) in [6.45, 7) is 1.74. The van der Waals surface area contributed by atoms with E-state index in [-0.39, 0.29) is 11.1 Å². The molecular weight excluding hydrogens is 514 g/mol. The predicted octanol–water partition coefficient (Wildman–Crippen LogP) is 4.82. The molecule has 0 aliphatic rings. The summed E-state index contributed by atoms with van der Waals surface area (Å²) in [5.74, 6) is 0.170. The van der Waals surface area contributed by atoms with Crippen molar-refractivity contribution < 1.29 is 13.9 Å². The maximum absolute atomic E-state index is 13.1. The SMILES string of the molecule is COc1cc(-n2c(C)nc3ccccc3c2=O)ccc1NC(=O)c1cc2cc(Br)ccc2oc1=O. The Morgan fingerprint density at radius 3 is 2.66 bits per heavy atom. The van der Waals surface area contributed by atoms with Crippen LogP contribution in [0.15, 0.2) is 85.2 Å². The van der Waals surface area contributed by atoms with Crippen LogP contribution in [0.5, 0.6) is 5.75 Å². The van der Waals surface area contributed by atoms with Crippen LogP contribution in [0, 0.1) is 6.92 Å². The van der Waals surface area contributed by atoms with Crippen LogP contribution in [0.3, 0.4) is 0 Å². The van der Waals surface area contributed by atoms with E-state index in [2.05, 4.69) is 26.2 Å². The summed E-state index contributed by atoms with van der Waals surface area (Å²) in [4.78, 5) is 43.0. The molecular formula is C26H18BrN3O5. The Balaban J connectivity index is 1.53. The molecule has 9 heteroatoms. The first-order valence-electron chi connectivity index (χ1n) is 10.6. The van der Waals surface area contributed by atoms with Crippen molar-refractivity contribution in [1.29, 1.82) is 0 Å². The van der Waals surface area contributed by atoms with Gasteiger partial charge in [-0.05, 0) is 55.5 Å². The van der Waals surface area contributed by atoms with Crippen molar-refractivity contribution in [2.24, 2.45) is 0 Å². The lowest BCUT2D eigenvalue weighted by molar-refractivity contribution is 0.102. The molecule has 2 heterocycles. The number of para-hydroxylation sites is 1. The standard InChI is InChI=1S/C26H18BrN3O5/c1-14-28-20-6-4-3-5-18(20)25(32)30(14)17-8-9-21(23(13-17)34-2)29-24(31)19-12-15-11-16(27)7-10-22(15)35-26(19)33/h3-13H,1-2H3,(H,29,31). The fourth-order valence-electron chi connectivity index (χ4n) is 3.91. The van der Waals surface area contributed by atoms with Gasteiger partial charge in [0.05, 0.1) is 29.4 Å². The summed E-state index contributed by atoms with van der Waals surface area (Å²) in [6, 6.07) is 18.6. The molecule has 0 spiro atoms. The lowest BCUT2D eigenvalue weighted by Crippen LogP contribution is -2.23. The number of hydrogen-bond acceptors (Lipinski definition) is 6. The minimum absolute atomic E-state index is 0.146. The van der Waals surface area contributed by atoms with Crippen molar-refractivity contribution in [3.05, 3.63) is 103 Å². The number of nitrogens with one attached hydrogen (secondary N) is 1. The van der Waals surface area contributed by atoms with Crippen LogP contribution in [-0.4, -0.2) is 22.6 Å². The number of aryl methyl sites for hydroxylation is 1. The molecule has 5 rings (SSSR count). The topological polar surface area (TPSA) is 103 Å². The third-order valence-corrected chi connectivity index (χ3v) is 6.07. The summed E-state index contributed by atoms with van der Waals surface area (Å²) < 4.78 is 13.0. The Labute approximate surface area is 206 Å². The van der Waals surface area contributed by atoms with Gasteiger partial charge in [-0.2, -0.15) is 0 Å². The van der Waals surface area contributed by atoms with E-state index in [0.717, 1.165) is 4.47 Å². The van der Waals surface area contributed by atoms with Crippen LogP contribution >= 0.6 is 15.9 Å². The zero-order chi connectivity index (χ0) is 24.7. The summed E-state index contributed by atoms with van der Waals surface area (Å²) in [5.41, 5.74) is 0.728. The third kappa shape index (κ3) is 4.10. The molecule has 8 nitrogen and oxygen atoms in total. The van der Waals surface area contributed by atoms with Gasteiger partial charge in [0.15, 0.2) is 0 Å². The lowest BCUT2D eigenvalue weighted by atomic mass is 10.1. The Morgan fingerprint density at radius 2 is 1.86 bits per heavy atom. The maximum Gasteiger partial charge on any atom is 0.349 e. The fourth-order valence-corrected chi connectivity index (χ4v) is 4.29. The Kier molecular flexibility index (Phi) is 5.70.